The molecule has 4 heteroatoms. The minimum atomic E-state index is -0.386. The summed E-state index contributed by atoms with van der Waals surface area (Å²) < 4.78 is 0. The summed E-state index contributed by atoms with van der Waals surface area (Å²) in [5.41, 5.74) is 7.26. The first-order valence-corrected chi connectivity index (χ1v) is 11.2. The van der Waals surface area contributed by atoms with Gasteiger partial charge in [0.1, 0.15) is 11.6 Å². The van der Waals surface area contributed by atoms with Crippen LogP contribution in [-0.2, 0) is 11.2 Å². The molecule has 0 aromatic heterocycles. The van der Waals surface area contributed by atoms with Gasteiger partial charge in [-0.2, -0.15) is 5.26 Å². The maximum absolute atomic E-state index is 12.9. The van der Waals surface area contributed by atoms with Gasteiger partial charge in [0.05, 0.1) is 5.54 Å². The van der Waals surface area contributed by atoms with Gasteiger partial charge < -0.3 is 10.2 Å². The Bertz CT molecular complexity index is 1150. The number of para-hydroxylation sites is 1. The number of fused-ring (bicyclic) bond motifs is 1. The standard InChI is InChI=1S/C28H33N3O/c1-8-21-11-9-10-12-25(21)30-27(32)23(17-29)14-22-15-24-20(5)16-28(6,7)31(18(2)3)26(24)13-19(22)4/h9-16,18H,8H2,1-7H3,(H,30,32)/b23-14-. The van der Waals surface area contributed by atoms with Gasteiger partial charge in [-0.05, 0) is 94.5 Å². The molecule has 1 heterocycles. The number of aryl methyl sites for hydroxylation is 2. The second kappa shape index (κ2) is 9.04. The first-order valence-electron chi connectivity index (χ1n) is 11.2. The molecule has 4 nitrogen and oxygen atoms in total. The van der Waals surface area contributed by atoms with Crippen LogP contribution in [0.2, 0.25) is 0 Å². The highest BCUT2D eigenvalue weighted by atomic mass is 16.1. The maximum Gasteiger partial charge on any atom is 0.266 e. The van der Waals surface area contributed by atoms with Crippen molar-refractivity contribution < 1.29 is 4.79 Å². The number of amides is 1. The Kier molecular flexibility index (Phi) is 6.60. The monoisotopic (exact) mass is 427 g/mol. The van der Waals surface area contributed by atoms with Gasteiger partial charge >= 0.3 is 0 Å². The lowest BCUT2D eigenvalue weighted by Crippen LogP contribution is -2.49. The molecular formula is C28H33N3O. The fourth-order valence-corrected chi connectivity index (χ4v) is 4.76. The third-order valence-corrected chi connectivity index (χ3v) is 6.09. The Morgan fingerprint density at radius 3 is 2.53 bits per heavy atom. The van der Waals surface area contributed by atoms with Gasteiger partial charge in [0.2, 0.25) is 0 Å². The molecule has 0 bridgehead atoms. The van der Waals surface area contributed by atoms with Crippen LogP contribution in [0.15, 0.2) is 48.0 Å². The number of nitrogens with one attached hydrogen (secondary N) is 1. The summed E-state index contributed by atoms with van der Waals surface area (Å²) >= 11 is 0. The molecule has 1 N–H and O–H groups in total. The predicted molar refractivity (Wildman–Crippen MR) is 135 cm³/mol. The van der Waals surface area contributed by atoms with E-state index in [4.69, 9.17) is 0 Å². The Hall–Kier alpha value is -3.32. The lowest BCUT2D eigenvalue weighted by Gasteiger charge is -2.46. The summed E-state index contributed by atoms with van der Waals surface area (Å²) in [4.78, 5) is 15.3. The molecule has 0 atom stereocenters. The van der Waals surface area contributed by atoms with Crippen LogP contribution in [0.25, 0.3) is 11.6 Å². The first-order chi connectivity index (χ1) is 15.1. The van der Waals surface area contributed by atoms with Crippen molar-refractivity contribution in [2.24, 2.45) is 0 Å². The van der Waals surface area contributed by atoms with Crippen LogP contribution in [0.1, 0.15) is 63.8 Å². The predicted octanol–water partition coefficient (Wildman–Crippen LogP) is 6.51. The Morgan fingerprint density at radius 2 is 1.91 bits per heavy atom. The van der Waals surface area contributed by atoms with Gasteiger partial charge in [-0.15, -0.1) is 0 Å². The molecule has 0 fully saturated rings. The topological polar surface area (TPSA) is 56.1 Å². The van der Waals surface area contributed by atoms with Gasteiger partial charge in [0, 0.05) is 23.0 Å². The number of allylic oxidation sites excluding steroid dienone is 1. The third kappa shape index (κ3) is 4.48. The molecule has 2 aromatic carbocycles. The zero-order chi connectivity index (χ0) is 23.6. The van der Waals surface area contributed by atoms with E-state index in [1.54, 1.807) is 6.08 Å². The van der Waals surface area contributed by atoms with Crippen LogP contribution >= 0.6 is 0 Å². The van der Waals surface area contributed by atoms with Crippen molar-refractivity contribution in [3.8, 4) is 6.07 Å². The van der Waals surface area contributed by atoms with Crippen molar-refractivity contribution in [3.05, 3.63) is 70.3 Å². The van der Waals surface area contributed by atoms with E-state index >= 15 is 0 Å². The van der Waals surface area contributed by atoms with Crippen LogP contribution in [-0.4, -0.2) is 17.5 Å². The molecule has 166 valence electrons. The van der Waals surface area contributed by atoms with E-state index in [1.807, 2.05) is 38.1 Å². The van der Waals surface area contributed by atoms with Gasteiger partial charge in [0.15, 0.2) is 0 Å². The SMILES string of the molecule is CCc1ccccc1NC(=O)/C(C#N)=C\c1cc2c(cc1C)N(C(C)C)C(C)(C)C=C2C. The number of benzene rings is 2. The smallest absolute Gasteiger partial charge is 0.266 e. The molecule has 0 spiro atoms. The van der Waals surface area contributed by atoms with E-state index in [2.05, 4.69) is 69.1 Å². The fourth-order valence-electron chi connectivity index (χ4n) is 4.76. The number of nitrogens with zero attached hydrogens (tertiary/aromatic N) is 2. The zero-order valence-electron chi connectivity index (χ0n) is 20.2. The molecular weight excluding hydrogens is 394 g/mol. The first kappa shape index (κ1) is 23.3. The van der Waals surface area contributed by atoms with E-state index < -0.39 is 0 Å². The number of carbonyl (C=O) groups excluding carboxylic acids is 1. The quantitative estimate of drug-likeness (QED) is 0.437. The Labute approximate surface area is 192 Å². The molecule has 1 aliphatic heterocycles. The molecule has 3 rings (SSSR count). The lowest BCUT2D eigenvalue weighted by molar-refractivity contribution is -0.112. The Balaban J connectivity index is 2.02. The minimum absolute atomic E-state index is 0.0839. The second-order valence-corrected chi connectivity index (χ2v) is 9.31. The Morgan fingerprint density at radius 1 is 1.22 bits per heavy atom. The molecule has 0 saturated heterocycles. The van der Waals surface area contributed by atoms with E-state index in [-0.39, 0.29) is 17.0 Å². The van der Waals surface area contributed by atoms with E-state index in [9.17, 15) is 10.1 Å². The number of hydrogen-bond acceptors (Lipinski definition) is 3. The van der Waals surface area contributed by atoms with Crippen LogP contribution in [0.5, 0.6) is 0 Å². The molecule has 0 aliphatic carbocycles. The molecule has 0 radical (unpaired) electrons. The van der Waals surface area contributed by atoms with Crippen LogP contribution in [0, 0.1) is 18.3 Å². The average Bonchev–Trinajstić information content (AvgIpc) is 2.71. The van der Waals surface area contributed by atoms with E-state index in [0.717, 1.165) is 34.4 Å². The van der Waals surface area contributed by atoms with Crippen molar-refractivity contribution in [1.29, 1.82) is 5.26 Å². The van der Waals surface area contributed by atoms with Gasteiger partial charge in [-0.25, -0.2) is 0 Å². The van der Waals surface area contributed by atoms with Crippen molar-refractivity contribution in [2.75, 3.05) is 10.2 Å². The molecule has 0 unspecified atom stereocenters. The molecule has 0 saturated carbocycles. The highest BCUT2D eigenvalue weighted by Crippen LogP contribution is 2.41. The highest BCUT2D eigenvalue weighted by molar-refractivity contribution is 6.10. The number of anilines is 2. The van der Waals surface area contributed by atoms with Gasteiger partial charge in [-0.3, -0.25) is 4.79 Å². The highest BCUT2D eigenvalue weighted by Gasteiger charge is 2.33. The van der Waals surface area contributed by atoms with Crippen LogP contribution < -0.4 is 10.2 Å². The summed E-state index contributed by atoms with van der Waals surface area (Å²) in [7, 11) is 0. The van der Waals surface area contributed by atoms with Crippen molar-refractivity contribution in [3.63, 3.8) is 0 Å². The van der Waals surface area contributed by atoms with Gasteiger partial charge in [0.25, 0.3) is 5.91 Å². The number of nitriles is 1. The summed E-state index contributed by atoms with van der Waals surface area (Å²) in [6.45, 7) is 15.1. The molecule has 1 aliphatic rings. The summed E-state index contributed by atoms with van der Waals surface area (Å²) in [6, 6.07) is 14.4. The molecule has 32 heavy (non-hydrogen) atoms. The second-order valence-electron chi connectivity index (χ2n) is 9.31. The minimum Gasteiger partial charge on any atom is -0.360 e. The van der Waals surface area contributed by atoms with Gasteiger partial charge in [-0.1, -0.05) is 31.2 Å². The van der Waals surface area contributed by atoms with Crippen LogP contribution in [0.3, 0.4) is 0 Å². The van der Waals surface area contributed by atoms with Crippen molar-refractivity contribution in [1.82, 2.24) is 0 Å². The summed E-state index contributed by atoms with van der Waals surface area (Å²) in [5, 5.41) is 12.6. The average molecular weight is 428 g/mol. The third-order valence-electron chi connectivity index (χ3n) is 6.09. The fraction of sp³-hybridized carbons (Fsp3) is 0.357. The molecule has 1 amide bonds. The molecule has 2 aromatic rings. The largest absolute Gasteiger partial charge is 0.360 e. The van der Waals surface area contributed by atoms with E-state index in [1.165, 1.54) is 11.3 Å². The van der Waals surface area contributed by atoms with Crippen molar-refractivity contribution in [2.45, 2.75) is 66.5 Å². The summed E-state index contributed by atoms with van der Waals surface area (Å²) in [6.07, 6.45) is 4.80. The maximum atomic E-state index is 12.9. The van der Waals surface area contributed by atoms with E-state index in [0.29, 0.717) is 6.04 Å². The number of carbonyl (C=O) groups is 1. The zero-order valence-corrected chi connectivity index (χ0v) is 20.2. The van der Waals surface area contributed by atoms with Crippen molar-refractivity contribution >= 4 is 28.9 Å². The lowest BCUT2D eigenvalue weighted by atomic mass is 9.85. The number of rotatable bonds is 5. The van der Waals surface area contributed by atoms with Crippen LogP contribution in [0.4, 0.5) is 11.4 Å². The summed E-state index contributed by atoms with van der Waals surface area (Å²) in [5.74, 6) is -0.386. The number of hydrogen-bond donors (Lipinski definition) is 1. The normalized spacial score (nSPS) is 15.2.